The van der Waals surface area contributed by atoms with Crippen LogP contribution in [-0.4, -0.2) is 28.0 Å². The van der Waals surface area contributed by atoms with Gasteiger partial charge in [0.25, 0.3) is 5.91 Å². The van der Waals surface area contributed by atoms with Crippen molar-refractivity contribution in [3.63, 3.8) is 0 Å². The van der Waals surface area contributed by atoms with E-state index in [9.17, 15) is 4.79 Å². The average molecular weight is 335 g/mol. The number of benzene rings is 1. The van der Waals surface area contributed by atoms with E-state index in [1.807, 2.05) is 33.2 Å². The highest BCUT2D eigenvalue weighted by atomic mass is 35.5. The van der Waals surface area contributed by atoms with Crippen LogP contribution in [0.25, 0.3) is 0 Å². The molecule has 1 amide bonds. The SMILES string of the molecule is C/C(=N\OCC(=O)Nc1c(C)cc(C)cc1Cl)c1cnn(C)c1. The second-order valence-corrected chi connectivity index (χ2v) is 5.75. The predicted molar refractivity (Wildman–Crippen MR) is 90.9 cm³/mol. The number of hydrogen-bond acceptors (Lipinski definition) is 4. The molecule has 122 valence electrons. The molecule has 0 aliphatic heterocycles. The summed E-state index contributed by atoms with van der Waals surface area (Å²) in [5.41, 5.74) is 4.02. The van der Waals surface area contributed by atoms with Gasteiger partial charge in [-0.3, -0.25) is 9.48 Å². The number of aromatic nitrogens is 2. The van der Waals surface area contributed by atoms with Gasteiger partial charge in [0.15, 0.2) is 6.61 Å². The first-order chi connectivity index (χ1) is 10.9. The number of halogens is 1. The molecule has 0 unspecified atom stereocenters. The summed E-state index contributed by atoms with van der Waals surface area (Å²) >= 11 is 6.15. The van der Waals surface area contributed by atoms with Gasteiger partial charge in [0.1, 0.15) is 0 Å². The van der Waals surface area contributed by atoms with E-state index < -0.39 is 0 Å². The smallest absolute Gasteiger partial charge is 0.265 e. The first kappa shape index (κ1) is 17.0. The molecule has 1 heterocycles. The molecule has 0 saturated heterocycles. The third kappa shape index (κ3) is 4.56. The normalized spacial score (nSPS) is 11.4. The minimum absolute atomic E-state index is 0.193. The van der Waals surface area contributed by atoms with Crippen molar-refractivity contribution in [2.24, 2.45) is 12.2 Å². The third-order valence-corrected chi connectivity index (χ3v) is 3.51. The number of aryl methyl sites for hydroxylation is 3. The molecular weight excluding hydrogens is 316 g/mol. The monoisotopic (exact) mass is 334 g/mol. The highest BCUT2D eigenvalue weighted by Gasteiger charge is 2.10. The second kappa shape index (κ2) is 7.28. The fraction of sp³-hybridized carbons (Fsp3) is 0.312. The maximum atomic E-state index is 11.9. The maximum absolute atomic E-state index is 11.9. The lowest BCUT2D eigenvalue weighted by Gasteiger charge is -2.11. The van der Waals surface area contributed by atoms with Crippen LogP contribution in [0.2, 0.25) is 5.02 Å². The highest BCUT2D eigenvalue weighted by molar-refractivity contribution is 6.34. The summed E-state index contributed by atoms with van der Waals surface area (Å²) in [5.74, 6) is -0.318. The van der Waals surface area contributed by atoms with E-state index in [-0.39, 0.29) is 12.5 Å². The van der Waals surface area contributed by atoms with Crippen molar-refractivity contribution in [2.75, 3.05) is 11.9 Å². The van der Waals surface area contributed by atoms with Crippen molar-refractivity contribution >= 4 is 28.9 Å². The number of carbonyl (C=O) groups excluding carboxylic acids is 1. The number of hydrogen-bond donors (Lipinski definition) is 1. The van der Waals surface area contributed by atoms with Crippen molar-refractivity contribution in [3.05, 3.63) is 46.2 Å². The van der Waals surface area contributed by atoms with Gasteiger partial charge in [0.05, 0.1) is 22.6 Å². The minimum atomic E-state index is -0.318. The summed E-state index contributed by atoms with van der Waals surface area (Å²) < 4.78 is 1.67. The van der Waals surface area contributed by atoms with Crippen LogP contribution in [0, 0.1) is 13.8 Å². The standard InChI is InChI=1S/C16H19ClN4O2/c1-10-5-11(2)16(14(17)6-10)19-15(22)9-23-20-12(3)13-7-18-21(4)8-13/h5-8H,9H2,1-4H3,(H,19,22)/b20-12+. The summed E-state index contributed by atoms with van der Waals surface area (Å²) in [6, 6.07) is 3.75. The van der Waals surface area contributed by atoms with Crippen LogP contribution in [0.5, 0.6) is 0 Å². The van der Waals surface area contributed by atoms with Gasteiger partial charge in [-0.15, -0.1) is 0 Å². The van der Waals surface area contributed by atoms with Crippen LogP contribution in [0.1, 0.15) is 23.6 Å². The number of rotatable bonds is 5. The van der Waals surface area contributed by atoms with E-state index in [4.69, 9.17) is 16.4 Å². The molecule has 23 heavy (non-hydrogen) atoms. The lowest BCUT2D eigenvalue weighted by molar-refractivity contribution is -0.120. The first-order valence-electron chi connectivity index (χ1n) is 7.09. The zero-order chi connectivity index (χ0) is 17.0. The number of amides is 1. The summed E-state index contributed by atoms with van der Waals surface area (Å²) in [6.07, 6.45) is 3.50. The number of nitrogens with zero attached hydrogens (tertiary/aromatic N) is 3. The number of carbonyl (C=O) groups is 1. The number of nitrogens with one attached hydrogen (secondary N) is 1. The minimum Gasteiger partial charge on any atom is -0.385 e. The predicted octanol–water partition coefficient (Wildman–Crippen LogP) is 3.07. The molecule has 0 saturated carbocycles. The Morgan fingerprint density at radius 2 is 2.17 bits per heavy atom. The Balaban J connectivity index is 1.93. The molecule has 6 nitrogen and oxygen atoms in total. The molecule has 1 aromatic carbocycles. The molecule has 0 aliphatic rings. The lowest BCUT2D eigenvalue weighted by Crippen LogP contribution is -2.18. The zero-order valence-corrected chi connectivity index (χ0v) is 14.3. The van der Waals surface area contributed by atoms with Crippen molar-refractivity contribution in [2.45, 2.75) is 20.8 Å². The van der Waals surface area contributed by atoms with E-state index in [0.717, 1.165) is 16.7 Å². The summed E-state index contributed by atoms with van der Waals surface area (Å²) in [5, 5.41) is 11.2. The molecule has 1 aromatic heterocycles. The first-order valence-corrected chi connectivity index (χ1v) is 7.47. The Labute approximate surface area is 140 Å². The van der Waals surface area contributed by atoms with Crippen LogP contribution in [0.4, 0.5) is 5.69 Å². The van der Waals surface area contributed by atoms with Gasteiger partial charge in [-0.05, 0) is 38.0 Å². The fourth-order valence-corrected chi connectivity index (χ4v) is 2.47. The van der Waals surface area contributed by atoms with E-state index in [1.165, 1.54) is 0 Å². The molecule has 7 heteroatoms. The van der Waals surface area contributed by atoms with Gasteiger partial charge in [-0.1, -0.05) is 22.8 Å². The molecule has 0 bridgehead atoms. The van der Waals surface area contributed by atoms with Crippen LogP contribution >= 0.6 is 11.6 Å². The fourth-order valence-electron chi connectivity index (χ4n) is 2.10. The zero-order valence-electron chi connectivity index (χ0n) is 13.6. The van der Waals surface area contributed by atoms with Crippen LogP contribution in [0.3, 0.4) is 0 Å². The van der Waals surface area contributed by atoms with Gasteiger partial charge in [-0.2, -0.15) is 5.10 Å². The van der Waals surface area contributed by atoms with Crippen LogP contribution in [0.15, 0.2) is 29.7 Å². The number of oxime groups is 1. The maximum Gasteiger partial charge on any atom is 0.265 e. The quantitative estimate of drug-likeness (QED) is 0.675. The van der Waals surface area contributed by atoms with Crippen molar-refractivity contribution < 1.29 is 9.63 Å². The Morgan fingerprint density at radius 3 is 2.78 bits per heavy atom. The molecular formula is C16H19ClN4O2. The Morgan fingerprint density at radius 1 is 1.43 bits per heavy atom. The van der Waals surface area contributed by atoms with Gasteiger partial charge >= 0.3 is 0 Å². The molecule has 0 aliphatic carbocycles. The summed E-state index contributed by atoms with van der Waals surface area (Å²) in [7, 11) is 1.82. The van der Waals surface area contributed by atoms with E-state index in [2.05, 4.69) is 15.6 Å². The summed E-state index contributed by atoms with van der Waals surface area (Å²) in [4.78, 5) is 17.0. The highest BCUT2D eigenvalue weighted by Crippen LogP contribution is 2.27. The van der Waals surface area contributed by atoms with E-state index >= 15 is 0 Å². The van der Waals surface area contributed by atoms with Crippen molar-refractivity contribution in [1.82, 2.24) is 9.78 Å². The number of anilines is 1. The third-order valence-electron chi connectivity index (χ3n) is 3.22. The van der Waals surface area contributed by atoms with Crippen LogP contribution in [-0.2, 0) is 16.7 Å². The molecule has 0 fully saturated rings. The molecule has 0 atom stereocenters. The van der Waals surface area contributed by atoms with E-state index in [1.54, 1.807) is 23.9 Å². The second-order valence-electron chi connectivity index (χ2n) is 5.34. The molecule has 0 spiro atoms. The Kier molecular flexibility index (Phi) is 5.39. The van der Waals surface area contributed by atoms with Crippen molar-refractivity contribution in [3.8, 4) is 0 Å². The van der Waals surface area contributed by atoms with Gasteiger partial charge in [-0.25, -0.2) is 0 Å². The molecule has 0 radical (unpaired) electrons. The Hall–Kier alpha value is -2.34. The summed E-state index contributed by atoms with van der Waals surface area (Å²) in [6.45, 7) is 5.43. The molecule has 2 rings (SSSR count). The van der Waals surface area contributed by atoms with Gasteiger partial charge in [0.2, 0.25) is 0 Å². The average Bonchev–Trinajstić information content (AvgIpc) is 2.89. The van der Waals surface area contributed by atoms with E-state index in [0.29, 0.717) is 16.4 Å². The largest absolute Gasteiger partial charge is 0.385 e. The van der Waals surface area contributed by atoms with Crippen LogP contribution < -0.4 is 5.32 Å². The van der Waals surface area contributed by atoms with Gasteiger partial charge < -0.3 is 10.2 Å². The topological polar surface area (TPSA) is 68.5 Å². The Bertz CT molecular complexity index is 729. The molecule has 2 aromatic rings. The van der Waals surface area contributed by atoms with Gasteiger partial charge in [0, 0.05) is 18.8 Å². The van der Waals surface area contributed by atoms with Crippen molar-refractivity contribution in [1.29, 1.82) is 0 Å². The molecule has 1 N–H and O–H groups in total. The lowest BCUT2D eigenvalue weighted by atomic mass is 10.1.